The lowest BCUT2D eigenvalue weighted by Gasteiger charge is -2.24. The van der Waals surface area contributed by atoms with E-state index in [9.17, 15) is 22.8 Å². The fraction of sp³-hybridized carbons (Fsp3) is 0.750. The molecule has 0 aromatic heterocycles. The van der Waals surface area contributed by atoms with Crippen LogP contribution in [0.5, 0.6) is 0 Å². The number of hydrogen-bond donors (Lipinski definition) is 1. The Labute approximate surface area is 84.7 Å². The summed E-state index contributed by atoms with van der Waals surface area (Å²) >= 11 is 0. The van der Waals surface area contributed by atoms with Gasteiger partial charge in [0.25, 0.3) is 0 Å². The first-order valence-electron chi connectivity index (χ1n) is 4.24. The van der Waals surface area contributed by atoms with E-state index in [1.807, 2.05) is 0 Å². The molecule has 0 aromatic carbocycles. The highest BCUT2D eigenvalue weighted by molar-refractivity contribution is 5.83. The second-order valence-corrected chi connectivity index (χ2v) is 3.06. The Morgan fingerprint density at radius 2 is 1.87 bits per heavy atom. The van der Waals surface area contributed by atoms with Crippen LogP contribution in [0.25, 0.3) is 0 Å². The summed E-state index contributed by atoms with van der Waals surface area (Å²) in [6, 6.07) is -1.21. The molecule has 0 heterocycles. The lowest BCUT2D eigenvalue weighted by molar-refractivity contribution is -0.166. The number of alkyl halides is 3. The van der Waals surface area contributed by atoms with Gasteiger partial charge in [0.1, 0.15) is 12.5 Å². The molecule has 0 radical (unpaired) electrons. The summed E-state index contributed by atoms with van der Waals surface area (Å²) in [5.41, 5.74) is 0. The van der Waals surface area contributed by atoms with Crippen molar-refractivity contribution in [2.24, 2.45) is 0 Å². The zero-order valence-corrected chi connectivity index (χ0v) is 8.34. The molecule has 0 fully saturated rings. The Morgan fingerprint density at radius 3 is 2.13 bits per heavy atom. The Morgan fingerprint density at radius 1 is 1.40 bits per heavy atom. The molecule has 7 heteroatoms. The van der Waals surface area contributed by atoms with Crippen LogP contribution in [-0.4, -0.2) is 41.1 Å². The molecule has 1 atom stereocenters. The minimum Gasteiger partial charge on any atom is -0.480 e. The predicted molar refractivity (Wildman–Crippen MR) is 45.2 cm³/mol. The molecule has 0 spiro atoms. The number of carbonyl (C=O) groups excluding carboxylic acids is 1. The topological polar surface area (TPSA) is 57.6 Å². The fourth-order valence-electron chi connectivity index (χ4n) is 1.08. The van der Waals surface area contributed by atoms with Crippen LogP contribution in [0.3, 0.4) is 0 Å². The Kier molecular flexibility index (Phi) is 4.57. The predicted octanol–water partition coefficient (Wildman–Crippen LogP) is 1.26. The van der Waals surface area contributed by atoms with Gasteiger partial charge in [0, 0.05) is 7.05 Å². The molecule has 1 N–H and O–H groups in total. The van der Waals surface area contributed by atoms with E-state index in [1.54, 1.807) is 0 Å². The van der Waals surface area contributed by atoms with Crippen LogP contribution in [-0.2, 0) is 9.59 Å². The van der Waals surface area contributed by atoms with Crippen molar-refractivity contribution in [1.29, 1.82) is 0 Å². The molecule has 0 aliphatic heterocycles. The molecule has 1 amide bonds. The summed E-state index contributed by atoms with van der Waals surface area (Å²) in [7, 11) is 1.05. The highest BCUT2D eigenvalue weighted by Gasteiger charge is 2.35. The maximum absolute atomic E-state index is 11.8. The van der Waals surface area contributed by atoms with Crippen molar-refractivity contribution < 1.29 is 27.9 Å². The lowest BCUT2D eigenvalue weighted by Crippen LogP contribution is -2.43. The Hall–Kier alpha value is -1.27. The molecule has 0 rings (SSSR count). The number of carbonyl (C=O) groups is 2. The summed E-state index contributed by atoms with van der Waals surface area (Å²) < 4.78 is 35.5. The summed E-state index contributed by atoms with van der Waals surface area (Å²) in [6.45, 7) is 1.48. The molecular weight excluding hydrogens is 215 g/mol. The molecule has 0 aliphatic rings. The number of hydrogen-bond acceptors (Lipinski definition) is 2. The second kappa shape index (κ2) is 4.99. The van der Waals surface area contributed by atoms with Crippen LogP contribution < -0.4 is 0 Å². The maximum Gasteiger partial charge on any atom is 0.397 e. The lowest BCUT2D eigenvalue weighted by atomic mass is 10.2. The van der Waals surface area contributed by atoms with Crippen molar-refractivity contribution in [2.75, 3.05) is 7.05 Å². The number of amides is 1. The number of carboxylic acid groups (broad SMARTS) is 1. The smallest absolute Gasteiger partial charge is 0.397 e. The number of halogens is 3. The Balaban J connectivity index is 4.49. The van der Waals surface area contributed by atoms with E-state index < -0.39 is 30.5 Å². The molecule has 0 saturated carbocycles. The van der Waals surface area contributed by atoms with Crippen LogP contribution in [0.4, 0.5) is 13.2 Å². The van der Waals surface area contributed by atoms with Crippen LogP contribution in [0.2, 0.25) is 0 Å². The van der Waals surface area contributed by atoms with Crippen LogP contribution >= 0.6 is 0 Å². The highest BCUT2D eigenvalue weighted by Crippen LogP contribution is 2.21. The van der Waals surface area contributed by atoms with E-state index in [0.717, 1.165) is 7.05 Å². The van der Waals surface area contributed by atoms with Crippen molar-refractivity contribution in [3.05, 3.63) is 0 Å². The number of carboxylic acids is 1. The maximum atomic E-state index is 11.8. The van der Waals surface area contributed by atoms with E-state index in [-0.39, 0.29) is 6.42 Å². The van der Waals surface area contributed by atoms with E-state index >= 15 is 0 Å². The highest BCUT2D eigenvalue weighted by atomic mass is 19.4. The van der Waals surface area contributed by atoms with Gasteiger partial charge >= 0.3 is 12.1 Å². The van der Waals surface area contributed by atoms with Gasteiger partial charge in [0.05, 0.1) is 0 Å². The monoisotopic (exact) mass is 227 g/mol. The third-order valence-electron chi connectivity index (χ3n) is 1.88. The van der Waals surface area contributed by atoms with Crippen molar-refractivity contribution in [3.63, 3.8) is 0 Å². The molecule has 0 aromatic rings. The normalized spacial score (nSPS) is 13.4. The van der Waals surface area contributed by atoms with E-state index in [4.69, 9.17) is 5.11 Å². The average molecular weight is 227 g/mol. The van der Waals surface area contributed by atoms with Gasteiger partial charge in [-0.3, -0.25) is 4.79 Å². The quantitative estimate of drug-likeness (QED) is 0.786. The van der Waals surface area contributed by atoms with Crippen LogP contribution in [0, 0.1) is 0 Å². The van der Waals surface area contributed by atoms with Gasteiger partial charge in [-0.1, -0.05) is 6.92 Å². The zero-order valence-electron chi connectivity index (χ0n) is 8.34. The van der Waals surface area contributed by atoms with E-state index in [1.165, 1.54) is 6.92 Å². The largest absolute Gasteiger partial charge is 0.480 e. The first-order chi connectivity index (χ1) is 6.69. The van der Waals surface area contributed by atoms with Gasteiger partial charge in [-0.05, 0) is 6.42 Å². The molecule has 0 aliphatic carbocycles. The van der Waals surface area contributed by atoms with E-state index in [2.05, 4.69) is 0 Å². The van der Waals surface area contributed by atoms with Crippen molar-refractivity contribution in [3.8, 4) is 0 Å². The Bertz CT molecular complexity index is 252. The molecular formula is C8H12F3NO3. The summed E-state index contributed by atoms with van der Waals surface area (Å²) in [5.74, 6) is -2.55. The van der Waals surface area contributed by atoms with Crippen molar-refractivity contribution in [2.45, 2.75) is 32.0 Å². The van der Waals surface area contributed by atoms with Gasteiger partial charge in [-0.25, -0.2) is 4.79 Å². The van der Waals surface area contributed by atoms with Gasteiger partial charge in [0.2, 0.25) is 5.91 Å². The standard InChI is InChI=1S/C8H12F3NO3/c1-3-5(7(14)15)12(2)6(13)4-8(9,10)11/h5H,3-4H2,1-2H3,(H,14,15). The molecule has 0 saturated heterocycles. The molecule has 15 heavy (non-hydrogen) atoms. The van der Waals surface area contributed by atoms with Crippen LogP contribution in [0.1, 0.15) is 19.8 Å². The van der Waals surface area contributed by atoms with Gasteiger partial charge < -0.3 is 10.0 Å². The van der Waals surface area contributed by atoms with Crippen LogP contribution in [0.15, 0.2) is 0 Å². The summed E-state index contributed by atoms with van der Waals surface area (Å²) in [5, 5.41) is 8.62. The summed E-state index contributed by atoms with van der Waals surface area (Å²) in [4.78, 5) is 22.2. The third kappa shape index (κ3) is 4.66. The zero-order chi connectivity index (χ0) is 12.2. The summed E-state index contributed by atoms with van der Waals surface area (Å²) in [6.07, 6.45) is -6.18. The van der Waals surface area contributed by atoms with Crippen molar-refractivity contribution >= 4 is 11.9 Å². The fourth-order valence-corrected chi connectivity index (χ4v) is 1.08. The average Bonchev–Trinajstić information content (AvgIpc) is 2.01. The number of likely N-dealkylation sites (N-methyl/N-ethyl adjacent to an activating group) is 1. The molecule has 0 bridgehead atoms. The minimum absolute atomic E-state index is 0.0649. The first kappa shape index (κ1) is 13.7. The van der Waals surface area contributed by atoms with Crippen molar-refractivity contribution in [1.82, 2.24) is 4.90 Å². The molecule has 4 nitrogen and oxygen atoms in total. The number of rotatable bonds is 4. The minimum atomic E-state index is -4.61. The number of nitrogens with zero attached hydrogens (tertiary/aromatic N) is 1. The third-order valence-corrected chi connectivity index (χ3v) is 1.88. The SMILES string of the molecule is CCC(C(=O)O)N(C)C(=O)CC(F)(F)F. The second-order valence-electron chi connectivity index (χ2n) is 3.06. The van der Waals surface area contributed by atoms with E-state index in [0.29, 0.717) is 4.90 Å². The number of aliphatic carboxylic acids is 1. The van der Waals surface area contributed by atoms with Gasteiger partial charge in [-0.2, -0.15) is 13.2 Å². The van der Waals surface area contributed by atoms with Gasteiger partial charge in [-0.15, -0.1) is 0 Å². The molecule has 88 valence electrons. The first-order valence-corrected chi connectivity index (χ1v) is 4.24. The molecule has 1 unspecified atom stereocenters. The van der Waals surface area contributed by atoms with Gasteiger partial charge in [0.15, 0.2) is 0 Å².